The Morgan fingerprint density at radius 2 is 2.09 bits per heavy atom. The molecule has 0 aromatic heterocycles. The van der Waals surface area contributed by atoms with Crippen LogP contribution in [-0.2, 0) is 4.74 Å². The number of hydrogen-bond donors (Lipinski definition) is 1. The van der Waals surface area contributed by atoms with E-state index in [-0.39, 0.29) is 0 Å². The van der Waals surface area contributed by atoms with Gasteiger partial charge in [-0.25, -0.2) is 0 Å². The van der Waals surface area contributed by atoms with E-state index in [1.165, 1.54) is 12.8 Å². The Bertz CT molecular complexity index is 130. The number of likely N-dealkylation sites (tertiary alicyclic amines) is 1. The zero-order valence-corrected chi connectivity index (χ0v) is 7.10. The zero-order chi connectivity index (χ0) is 8.10. The number of nitrogens with zero attached hydrogens (tertiary/aromatic N) is 1. The van der Waals surface area contributed by atoms with Crippen LogP contribution >= 0.6 is 0 Å². The predicted molar refractivity (Wildman–Crippen MR) is 45.0 cm³/mol. The average molecular weight is 156 g/mol. The van der Waals surface area contributed by atoms with Crippen molar-refractivity contribution >= 4 is 5.84 Å². The lowest BCUT2D eigenvalue weighted by molar-refractivity contribution is 0.204. The molecule has 3 nitrogen and oxygen atoms in total. The summed E-state index contributed by atoms with van der Waals surface area (Å²) in [6.07, 6.45) is 3.25. The lowest BCUT2D eigenvalue weighted by Crippen LogP contribution is -2.27. The van der Waals surface area contributed by atoms with Crippen molar-refractivity contribution in [3.8, 4) is 0 Å². The molecular formula is C8H16N2O. The van der Waals surface area contributed by atoms with Gasteiger partial charge in [0, 0.05) is 26.6 Å². The molecule has 1 fully saturated rings. The van der Waals surface area contributed by atoms with Crippen molar-refractivity contribution in [2.75, 3.05) is 26.8 Å². The number of nitrogens with one attached hydrogen (secondary N) is 1. The van der Waals surface area contributed by atoms with Crippen molar-refractivity contribution < 1.29 is 4.74 Å². The van der Waals surface area contributed by atoms with Crippen LogP contribution in [0.15, 0.2) is 0 Å². The minimum Gasteiger partial charge on any atom is -0.384 e. The molecule has 0 saturated carbocycles. The van der Waals surface area contributed by atoms with Crippen LogP contribution in [0.5, 0.6) is 0 Å². The fourth-order valence-electron chi connectivity index (χ4n) is 1.34. The van der Waals surface area contributed by atoms with Gasteiger partial charge in [0.15, 0.2) is 0 Å². The second-order valence-corrected chi connectivity index (χ2v) is 2.88. The fraction of sp³-hybridized carbons (Fsp3) is 0.875. The summed E-state index contributed by atoms with van der Waals surface area (Å²) in [5.74, 6) is 0.740. The van der Waals surface area contributed by atoms with Crippen LogP contribution in [0.1, 0.15) is 19.3 Å². The van der Waals surface area contributed by atoms with Gasteiger partial charge >= 0.3 is 0 Å². The molecule has 0 aromatic rings. The molecule has 0 aliphatic carbocycles. The Morgan fingerprint density at radius 1 is 1.45 bits per heavy atom. The van der Waals surface area contributed by atoms with Crippen molar-refractivity contribution in [1.29, 1.82) is 5.41 Å². The quantitative estimate of drug-likeness (QED) is 0.490. The van der Waals surface area contributed by atoms with Gasteiger partial charge in [0.2, 0.25) is 0 Å². The van der Waals surface area contributed by atoms with E-state index < -0.39 is 0 Å². The Kier molecular flexibility index (Phi) is 3.36. The van der Waals surface area contributed by atoms with E-state index in [1.54, 1.807) is 7.11 Å². The minimum absolute atomic E-state index is 0.676. The predicted octanol–water partition coefficient (Wildman–Crippen LogP) is 1.10. The van der Waals surface area contributed by atoms with E-state index in [0.29, 0.717) is 6.61 Å². The molecule has 0 atom stereocenters. The second-order valence-electron chi connectivity index (χ2n) is 2.88. The molecule has 0 unspecified atom stereocenters. The van der Waals surface area contributed by atoms with Crippen LogP contribution in [0, 0.1) is 5.41 Å². The average Bonchev–Trinajstić information content (AvgIpc) is 2.52. The maximum absolute atomic E-state index is 7.64. The summed E-state index contributed by atoms with van der Waals surface area (Å²) in [6, 6.07) is 0. The molecule has 0 aromatic carbocycles. The van der Waals surface area contributed by atoms with Crippen LogP contribution < -0.4 is 0 Å². The first-order valence-corrected chi connectivity index (χ1v) is 4.16. The third kappa shape index (κ3) is 2.50. The summed E-state index contributed by atoms with van der Waals surface area (Å²) in [6.45, 7) is 2.82. The van der Waals surface area contributed by atoms with Gasteiger partial charge in [0.05, 0.1) is 12.4 Å². The number of hydrogen-bond acceptors (Lipinski definition) is 2. The Labute approximate surface area is 67.8 Å². The number of rotatable bonds is 3. The highest BCUT2D eigenvalue weighted by Crippen LogP contribution is 2.08. The summed E-state index contributed by atoms with van der Waals surface area (Å²) in [7, 11) is 1.68. The molecule has 0 spiro atoms. The van der Waals surface area contributed by atoms with Crippen molar-refractivity contribution in [2.24, 2.45) is 0 Å². The number of methoxy groups -OCH3 is 1. The van der Waals surface area contributed by atoms with Gasteiger partial charge in [-0.3, -0.25) is 5.41 Å². The normalized spacial score (nSPS) is 17.4. The van der Waals surface area contributed by atoms with Crippen LogP contribution in [0.2, 0.25) is 0 Å². The van der Waals surface area contributed by atoms with Gasteiger partial charge in [-0.1, -0.05) is 0 Å². The molecule has 1 aliphatic rings. The second kappa shape index (κ2) is 4.34. The summed E-state index contributed by atoms with van der Waals surface area (Å²) in [5, 5.41) is 7.64. The lowest BCUT2D eigenvalue weighted by atomic mass is 10.4. The number of ether oxygens (including phenoxy) is 1. The maximum atomic E-state index is 7.64. The van der Waals surface area contributed by atoms with Crippen molar-refractivity contribution in [2.45, 2.75) is 19.3 Å². The number of amidine groups is 1. The van der Waals surface area contributed by atoms with Gasteiger partial charge in [-0.15, -0.1) is 0 Å². The largest absolute Gasteiger partial charge is 0.384 e. The first-order valence-electron chi connectivity index (χ1n) is 4.16. The molecular weight excluding hydrogens is 140 g/mol. The van der Waals surface area contributed by atoms with Gasteiger partial charge in [-0.2, -0.15) is 0 Å². The monoisotopic (exact) mass is 156 g/mol. The van der Waals surface area contributed by atoms with E-state index in [0.717, 1.165) is 25.3 Å². The van der Waals surface area contributed by atoms with Gasteiger partial charge in [0.1, 0.15) is 0 Å². The summed E-state index contributed by atoms with van der Waals surface area (Å²) in [5.41, 5.74) is 0. The topological polar surface area (TPSA) is 36.3 Å². The van der Waals surface area contributed by atoms with Gasteiger partial charge in [0.25, 0.3) is 0 Å². The highest BCUT2D eigenvalue weighted by molar-refractivity contribution is 5.79. The molecule has 1 N–H and O–H groups in total. The van der Waals surface area contributed by atoms with E-state index in [1.807, 2.05) is 0 Å². The molecule has 0 amide bonds. The molecule has 1 saturated heterocycles. The minimum atomic E-state index is 0.676. The molecule has 1 rings (SSSR count). The first kappa shape index (κ1) is 8.53. The van der Waals surface area contributed by atoms with Crippen molar-refractivity contribution in [3.05, 3.63) is 0 Å². The molecule has 0 bridgehead atoms. The standard InChI is InChI=1S/C8H16N2O/c1-11-7-4-8(9)10-5-2-3-6-10/h9H,2-7H2,1H3. The highest BCUT2D eigenvalue weighted by atomic mass is 16.5. The maximum Gasteiger partial charge on any atom is 0.0980 e. The lowest BCUT2D eigenvalue weighted by Gasteiger charge is -2.17. The molecule has 0 radical (unpaired) electrons. The first-order chi connectivity index (χ1) is 5.34. The Morgan fingerprint density at radius 3 is 2.64 bits per heavy atom. The molecule has 64 valence electrons. The summed E-state index contributed by atoms with van der Waals surface area (Å²) >= 11 is 0. The van der Waals surface area contributed by atoms with Crippen LogP contribution in [-0.4, -0.2) is 37.5 Å². The van der Waals surface area contributed by atoms with E-state index in [9.17, 15) is 0 Å². The third-order valence-electron chi connectivity index (χ3n) is 2.03. The van der Waals surface area contributed by atoms with Crippen molar-refractivity contribution in [1.82, 2.24) is 4.90 Å². The van der Waals surface area contributed by atoms with Crippen LogP contribution in [0.4, 0.5) is 0 Å². The van der Waals surface area contributed by atoms with Crippen LogP contribution in [0.3, 0.4) is 0 Å². The molecule has 3 heteroatoms. The van der Waals surface area contributed by atoms with E-state index in [2.05, 4.69) is 4.90 Å². The SMILES string of the molecule is COCCC(=N)N1CCCC1. The molecule has 1 heterocycles. The smallest absolute Gasteiger partial charge is 0.0980 e. The molecule has 11 heavy (non-hydrogen) atoms. The summed E-state index contributed by atoms with van der Waals surface area (Å²) < 4.78 is 4.90. The van der Waals surface area contributed by atoms with Crippen LogP contribution in [0.25, 0.3) is 0 Å². The Balaban J connectivity index is 2.17. The van der Waals surface area contributed by atoms with Gasteiger partial charge < -0.3 is 9.64 Å². The van der Waals surface area contributed by atoms with Gasteiger partial charge in [-0.05, 0) is 12.8 Å². The van der Waals surface area contributed by atoms with Crippen molar-refractivity contribution in [3.63, 3.8) is 0 Å². The van der Waals surface area contributed by atoms with E-state index in [4.69, 9.17) is 10.1 Å². The highest BCUT2D eigenvalue weighted by Gasteiger charge is 2.13. The fourth-order valence-corrected chi connectivity index (χ4v) is 1.34. The third-order valence-corrected chi connectivity index (χ3v) is 2.03. The van der Waals surface area contributed by atoms with E-state index >= 15 is 0 Å². The Hall–Kier alpha value is -0.570. The summed E-state index contributed by atoms with van der Waals surface area (Å²) in [4.78, 5) is 2.14. The zero-order valence-electron chi connectivity index (χ0n) is 7.10. The molecule has 1 aliphatic heterocycles.